The van der Waals surface area contributed by atoms with Crippen molar-refractivity contribution in [1.29, 1.82) is 0 Å². The summed E-state index contributed by atoms with van der Waals surface area (Å²) in [4.78, 5) is 15.6. The lowest BCUT2D eigenvalue weighted by Gasteiger charge is -2.23. The predicted molar refractivity (Wildman–Crippen MR) is 98.1 cm³/mol. The molecule has 1 aliphatic rings. The third-order valence-electron chi connectivity index (χ3n) is 3.12. The highest BCUT2D eigenvalue weighted by atomic mass is 127. The smallest absolute Gasteiger partial charge is 0.223 e. The van der Waals surface area contributed by atoms with E-state index in [1.165, 1.54) is 0 Å². The van der Waals surface area contributed by atoms with E-state index in [9.17, 15) is 4.79 Å². The third kappa shape index (κ3) is 8.18. The molecule has 1 saturated carbocycles. The number of hydrogen-bond acceptors (Lipinski definition) is 3. The van der Waals surface area contributed by atoms with Gasteiger partial charge in [-0.3, -0.25) is 9.79 Å². The zero-order valence-corrected chi connectivity index (χ0v) is 15.9. The van der Waals surface area contributed by atoms with Gasteiger partial charge in [-0.25, -0.2) is 0 Å². The molecule has 0 spiro atoms. The van der Waals surface area contributed by atoms with Crippen LogP contribution in [0.5, 0.6) is 0 Å². The molecule has 0 unspecified atom stereocenters. The molecule has 1 aliphatic carbocycles. The van der Waals surface area contributed by atoms with Crippen LogP contribution in [0.25, 0.3) is 0 Å². The Balaban J connectivity index is 0.00000361. The summed E-state index contributed by atoms with van der Waals surface area (Å²) in [5, 5.41) is 9.40. The second-order valence-electron chi connectivity index (χ2n) is 5.38. The summed E-state index contributed by atoms with van der Waals surface area (Å²) >= 11 is 1.82. The van der Waals surface area contributed by atoms with Gasteiger partial charge in [0.25, 0.3) is 0 Å². The molecule has 0 bridgehead atoms. The Morgan fingerprint density at radius 2 is 1.85 bits per heavy atom. The molecule has 1 rings (SSSR count). The molecule has 5 nitrogen and oxygen atoms in total. The highest BCUT2D eigenvalue weighted by Gasteiger charge is 2.28. The molecular formula is C13H27IN4OS. The molecule has 0 radical (unpaired) electrons. The summed E-state index contributed by atoms with van der Waals surface area (Å²) in [5.74, 6) is 1.25. The Morgan fingerprint density at radius 1 is 1.25 bits per heavy atom. The number of aliphatic imine (C=N–C) groups is 1. The highest BCUT2D eigenvalue weighted by molar-refractivity contribution is 14.0. The van der Waals surface area contributed by atoms with Crippen LogP contribution in [0.1, 0.15) is 26.7 Å². The quantitative estimate of drug-likeness (QED) is 0.255. The minimum absolute atomic E-state index is 0. The van der Waals surface area contributed by atoms with Gasteiger partial charge in [-0.1, -0.05) is 0 Å². The fourth-order valence-corrected chi connectivity index (χ4v) is 1.66. The lowest BCUT2D eigenvalue weighted by atomic mass is 10.2. The van der Waals surface area contributed by atoms with Crippen molar-refractivity contribution in [3.8, 4) is 0 Å². The third-order valence-corrected chi connectivity index (χ3v) is 4.37. The maximum atomic E-state index is 11.4. The first kappa shape index (κ1) is 19.8. The van der Waals surface area contributed by atoms with E-state index in [1.807, 2.05) is 11.8 Å². The van der Waals surface area contributed by atoms with Crippen LogP contribution in [-0.4, -0.2) is 49.6 Å². The van der Waals surface area contributed by atoms with E-state index in [0.717, 1.165) is 25.3 Å². The molecule has 0 atom stereocenters. The molecule has 0 aromatic heterocycles. The van der Waals surface area contributed by atoms with Crippen LogP contribution in [0, 0.1) is 5.92 Å². The lowest BCUT2D eigenvalue weighted by Crippen LogP contribution is -2.45. The normalized spacial score (nSPS) is 15.3. The standard InChI is InChI=1S/C13H26N4OS.HI/c1-13(2,19-4)9-17-12(14-3)16-8-7-15-11(18)10-5-6-10;/h10H,5-9H2,1-4H3,(H,15,18)(H2,14,16,17);1H. The van der Waals surface area contributed by atoms with Crippen LogP contribution in [0.15, 0.2) is 4.99 Å². The van der Waals surface area contributed by atoms with Gasteiger partial charge < -0.3 is 16.0 Å². The Hall–Kier alpha value is -0.180. The Morgan fingerprint density at radius 3 is 2.35 bits per heavy atom. The van der Waals surface area contributed by atoms with Crippen molar-refractivity contribution in [2.45, 2.75) is 31.4 Å². The highest BCUT2D eigenvalue weighted by Crippen LogP contribution is 2.28. The van der Waals surface area contributed by atoms with Crippen molar-refractivity contribution in [3.63, 3.8) is 0 Å². The van der Waals surface area contributed by atoms with E-state index >= 15 is 0 Å². The number of guanidine groups is 1. The van der Waals surface area contributed by atoms with Gasteiger partial charge in [0.05, 0.1) is 0 Å². The van der Waals surface area contributed by atoms with Crippen molar-refractivity contribution in [3.05, 3.63) is 0 Å². The zero-order chi connectivity index (χ0) is 14.3. The Kier molecular flexibility index (Phi) is 9.61. The minimum atomic E-state index is 0. The average Bonchev–Trinajstić information content (AvgIpc) is 3.22. The van der Waals surface area contributed by atoms with E-state index in [4.69, 9.17) is 0 Å². The van der Waals surface area contributed by atoms with E-state index in [1.54, 1.807) is 7.05 Å². The van der Waals surface area contributed by atoms with Crippen molar-refractivity contribution >= 4 is 47.6 Å². The van der Waals surface area contributed by atoms with Gasteiger partial charge in [-0.15, -0.1) is 24.0 Å². The first-order valence-electron chi connectivity index (χ1n) is 6.76. The van der Waals surface area contributed by atoms with Gasteiger partial charge in [0.1, 0.15) is 0 Å². The second-order valence-corrected chi connectivity index (χ2v) is 6.90. The van der Waals surface area contributed by atoms with E-state index in [-0.39, 0.29) is 40.5 Å². The maximum Gasteiger partial charge on any atom is 0.223 e. The van der Waals surface area contributed by atoms with Gasteiger partial charge in [0.15, 0.2) is 5.96 Å². The topological polar surface area (TPSA) is 65.5 Å². The van der Waals surface area contributed by atoms with Crippen LogP contribution < -0.4 is 16.0 Å². The maximum absolute atomic E-state index is 11.4. The molecule has 3 N–H and O–H groups in total. The largest absolute Gasteiger partial charge is 0.355 e. The number of halogens is 1. The fraction of sp³-hybridized carbons (Fsp3) is 0.846. The number of hydrogen-bond donors (Lipinski definition) is 3. The van der Waals surface area contributed by atoms with Crippen molar-refractivity contribution in [2.75, 3.05) is 32.9 Å². The van der Waals surface area contributed by atoms with Crippen molar-refractivity contribution in [1.82, 2.24) is 16.0 Å². The summed E-state index contributed by atoms with van der Waals surface area (Å²) in [6, 6.07) is 0. The first-order chi connectivity index (χ1) is 8.98. The molecule has 0 aliphatic heterocycles. The molecule has 20 heavy (non-hydrogen) atoms. The van der Waals surface area contributed by atoms with Gasteiger partial charge in [-0.05, 0) is 32.9 Å². The van der Waals surface area contributed by atoms with Gasteiger partial charge in [-0.2, -0.15) is 11.8 Å². The number of nitrogens with one attached hydrogen (secondary N) is 3. The molecule has 0 saturated heterocycles. The Labute approximate surface area is 143 Å². The summed E-state index contributed by atoms with van der Waals surface area (Å²) in [7, 11) is 1.75. The van der Waals surface area contributed by atoms with Gasteiger partial charge >= 0.3 is 0 Å². The van der Waals surface area contributed by atoms with Crippen LogP contribution in [-0.2, 0) is 4.79 Å². The van der Waals surface area contributed by atoms with E-state index < -0.39 is 0 Å². The molecular weight excluding hydrogens is 387 g/mol. The van der Waals surface area contributed by atoms with Gasteiger partial charge in [0.2, 0.25) is 5.91 Å². The summed E-state index contributed by atoms with van der Waals surface area (Å²) in [6.45, 7) is 6.56. The summed E-state index contributed by atoms with van der Waals surface area (Å²) < 4.78 is 0.178. The van der Waals surface area contributed by atoms with E-state index in [0.29, 0.717) is 13.1 Å². The number of nitrogens with zero attached hydrogens (tertiary/aromatic N) is 1. The number of rotatable bonds is 7. The number of carbonyl (C=O) groups is 1. The monoisotopic (exact) mass is 414 g/mol. The first-order valence-corrected chi connectivity index (χ1v) is 7.98. The molecule has 1 fully saturated rings. The molecule has 0 aromatic carbocycles. The summed E-state index contributed by atoms with van der Waals surface area (Å²) in [6.07, 6.45) is 4.20. The number of carbonyl (C=O) groups excluding carboxylic acids is 1. The molecule has 0 heterocycles. The molecule has 118 valence electrons. The van der Waals surface area contributed by atoms with Gasteiger partial charge in [0, 0.05) is 37.3 Å². The van der Waals surface area contributed by atoms with Crippen molar-refractivity contribution < 1.29 is 4.79 Å². The predicted octanol–water partition coefficient (Wildman–Crippen LogP) is 1.44. The molecule has 0 aromatic rings. The van der Waals surface area contributed by atoms with Crippen LogP contribution in [0.4, 0.5) is 0 Å². The van der Waals surface area contributed by atoms with Crippen molar-refractivity contribution in [2.24, 2.45) is 10.9 Å². The number of amides is 1. The summed E-state index contributed by atoms with van der Waals surface area (Å²) in [5.41, 5.74) is 0. The Bertz CT molecular complexity index is 332. The SMILES string of the molecule is CN=C(NCCNC(=O)C1CC1)NCC(C)(C)SC.I. The second kappa shape index (κ2) is 9.70. The zero-order valence-electron chi connectivity index (χ0n) is 12.8. The average molecular weight is 414 g/mol. The fourth-order valence-electron chi connectivity index (χ4n) is 1.45. The van der Waals surface area contributed by atoms with E-state index in [2.05, 4.69) is 41.0 Å². The van der Waals surface area contributed by atoms with Crippen LogP contribution >= 0.6 is 35.7 Å². The van der Waals surface area contributed by atoms with Crippen LogP contribution in [0.2, 0.25) is 0 Å². The molecule has 7 heteroatoms. The lowest BCUT2D eigenvalue weighted by molar-refractivity contribution is -0.122. The van der Waals surface area contributed by atoms with Crippen LogP contribution in [0.3, 0.4) is 0 Å². The number of thioether (sulfide) groups is 1. The minimum Gasteiger partial charge on any atom is -0.355 e. The molecule has 1 amide bonds.